The molecule has 0 saturated heterocycles. The van der Waals surface area contributed by atoms with Gasteiger partial charge in [-0.15, -0.1) is 0 Å². The standard InChI is InChI=1S/C39H70O16P2/c1-4-5-15-22-33(40)23-17-12-9-10-13-18-24-36(42)37(43)25-20-27-39(45)55-35(31-54-57(49,50)53-29-34(41)28-52-56(46,47)48)30-51-38(44)26-19-14-8-6-7-11-16-21-32(2)3/h9-10,12-13,17-18,23-24,32-37,40-43H,4-8,11,14-16,19-22,25-31H2,1-3H3,(H,49,50)(H2,46,47,48)/b12-9-,13-10+,23-17+,24-18+/t33-,34-,35+,36-,37-/m0/s1. The second kappa shape index (κ2) is 33.8. The number of aliphatic hydroxyl groups excluding tert-OH is 4. The first kappa shape index (κ1) is 55.0. The summed E-state index contributed by atoms with van der Waals surface area (Å²) >= 11 is 0. The third-order valence-corrected chi connectivity index (χ3v) is 9.69. The highest BCUT2D eigenvalue weighted by Crippen LogP contribution is 2.43. The average molecular weight is 857 g/mol. The summed E-state index contributed by atoms with van der Waals surface area (Å²) in [7, 11) is -9.80. The number of carbonyl (C=O) groups is 2. The highest BCUT2D eigenvalue weighted by atomic mass is 31.2. The number of esters is 2. The highest BCUT2D eigenvalue weighted by molar-refractivity contribution is 7.47. The Hall–Kier alpha value is -2.04. The zero-order valence-electron chi connectivity index (χ0n) is 33.9. The molecule has 18 heteroatoms. The fourth-order valence-electron chi connectivity index (χ4n) is 5.03. The summed E-state index contributed by atoms with van der Waals surface area (Å²) in [5.74, 6) is -0.672. The molecule has 332 valence electrons. The molecule has 0 aliphatic rings. The van der Waals surface area contributed by atoms with Gasteiger partial charge < -0.3 is 44.6 Å². The fraction of sp³-hybridized carbons (Fsp3) is 0.744. The predicted octanol–water partition coefficient (Wildman–Crippen LogP) is 6.27. The molecular weight excluding hydrogens is 786 g/mol. The van der Waals surface area contributed by atoms with Crippen molar-refractivity contribution < 1.29 is 76.9 Å². The van der Waals surface area contributed by atoms with E-state index in [-0.39, 0.29) is 25.7 Å². The van der Waals surface area contributed by atoms with Crippen LogP contribution in [0.3, 0.4) is 0 Å². The molecule has 0 aromatic heterocycles. The number of allylic oxidation sites excluding steroid dienone is 6. The molecular formula is C39H70O16P2. The van der Waals surface area contributed by atoms with Crippen molar-refractivity contribution in [3.63, 3.8) is 0 Å². The van der Waals surface area contributed by atoms with Crippen LogP contribution in [-0.4, -0.2) is 104 Å². The average Bonchev–Trinajstić information content (AvgIpc) is 3.14. The van der Waals surface area contributed by atoms with Gasteiger partial charge in [-0.1, -0.05) is 134 Å². The van der Waals surface area contributed by atoms with Gasteiger partial charge in [0.1, 0.15) is 12.7 Å². The Kier molecular flexibility index (Phi) is 32.5. The molecule has 0 aromatic carbocycles. The molecule has 0 bridgehead atoms. The number of rotatable bonds is 36. The first-order valence-corrected chi connectivity index (χ1v) is 23.0. The maximum absolute atomic E-state index is 12.6. The monoisotopic (exact) mass is 856 g/mol. The van der Waals surface area contributed by atoms with Crippen LogP contribution in [0.15, 0.2) is 48.6 Å². The number of aliphatic hydroxyl groups is 4. The molecule has 0 radical (unpaired) electrons. The molecule has 0 aromatic rings. The molecule has 1 unspecified atom stereocenters. The van der Waals surface area contributed by atoms with E-state index in [9.17, 15) is 44.0 Å². The summed E-state index contributed by atoms with van der Waals surface area (Å²) in [4.78, 5) is 52.5. The van der Waals surface area contributed by atoms with Crippen molar-refractivity contribution in [3.8, 4) is 0 Å². The van der Waals surface area contributed by atoms with Crippen LogP contribution in [0.25, 0.3) is 0 Å². The van der Waals surface area contributed by atoms with Crippen LogP contribution in [0.2, 0.25) is 0 Å². The largest absolute Gasteiger partial charge is 0.472 e. The summed E-state index contributed by atoms with van der Waals surface area (Å²) in [6.07, 6.45) is 19.5. The lowest BCUT2D eigenvalue weighted by Gasteiger charge is -2.21. The Labute approximate surface area is 338 Å². The molecule has 0 rings (SSSR count). The topological polar surface area (TPSA) is 256 Å². The lowest BCUT2D eigenvalue weighted by molar-refractivity contribution is -0.161. The van der Waals surface area contributed by atoms with Gasteiger partial charge in [-0.2, -0.15) is 0 Å². The molecule has 0 heterocycles. The molecule has 0 spiro atoms. The van der Waals surface area contributed by atoms with Gasteiger partial charge in [-0.25, -0.2) is 9.13 Å². The quantitative estimate of drug-likeness (QED) is 0.0159. The van der Waals surface area contributed by atoms with Gasteiger partial charge in [-0.3, -0.25) is 23.2 Å². The Morgan fingerprint density at radius 2 is 1.14 bits per heavy atom. The Morgan fingerprint density at radius 1 is 0.596 bits per heavy atom. The minimum atomic E-state index is -4.90. The van der Waals surface area contributed by atoms with E-state index in [1.54, 1.807) is 42.5 Å². The number of hydrogen-bond acceptors (Lipinski definition) is 13. The Bertz CT molecular complexity index is 1260. The number of phosphoric acid groups is 2. The van der Waals surface area contributed by atoms with Crippen molar-refractivity contribution in [1.29, 1.82) is 0 Å². The van der Waals surface area contributed by atoms with Crippen molar-refractivity contribution in [3.05, 3.63) is 48.6 Å². The van der Waals surface area contributed by atoms with Crippen molar-refractivity contribution in [2.24, 2.45) is 5.92 Å². The van der Waals surface area contributed by atoms with Gasteiger partial charge in [0.2, 0.25) is 0 Å². The normalized spacial score (nSPS) is 16.4. The van der Waals surface area contributed by atoms with Crippen LogP contribution in [0, 0.1) is 5.92 Å². The maximum atomic E-state index is 12.6. The molecule has 6 atom stereocenters. The lowest BCUT2D eigenvalue weighted by atomic mass is 10.0. The maximum Gasteiger partial charge on any atom is 0.472 e. The van der Waals surface area contributed by atoms with Crippen LogP contribution in [-0.2, 0) is 41.8 Å². The van der Waals surface area contributed by atoms with E-state index in [0.717, 1.165) is 51.4 Å². The van der Waals surface area contributed by atoms with Crippen molar-refractivity contribution >= 4 is 27.6 Å². The number of phosphoric ester groups is 2. The third kappa shape index (κ3) is 36.8. The van der Waals surface area contributed by atoms with Gasteiger partial charge >= 0.3 is 27.6 Å². The molecule has 0 aliphatic heterocycles. The first-order chi connectivity index (χ1) is 26.9. The highest BCUT2D eigenvalue weighted by Gasteiger charge is 2.28. The van der Waals surface area contributed by atoms with Crippen LogP contribution >= 0.6 is 15.6 Å². The molecule has 0 saturated carbocycles. The minimum absolute atomic E-state index is 0.0252. The van der Waals surface area contributed by atoms with Crippen LogP contribution in [0.5, 0.6) is 0 Å². The Balaban J connectivity index is 4.92. The van der Waals surface area contributed by atoms with E-state index in [0.29, 0.717) is 12.3 Å². The molecule has 7 N–H and O–H groups in total. The summed E-state index contributed by atoms with van der Waals surface area (Å²) in [6, 6.07) is 0. The number of unbranched alkanes of at least 4 members (excludes halogenated alkanes) is 8. The zero-order chi connectivity index (χ0) is 43.0. The van der Waals surface area contributed by atoms with Gasteiger partial charge in [0, 0.05) is 12.8 Å². The SMILES string of the molecule is CCCCC[C@H](O)/C=C/C=C\C=C\C=C\[C@H](O)[C@@H](O)CCCC(=O)O[C@H](COC(=O)CCCCCCCCCC(C)C)COP(=O)(O)OC[C@@H](O)COP(=O)(O)O. The van der Waals surface area contributed by atoms with Gasteiger partial charge in [0.05, 0.1) is 38.1 Å². The molecule has 0 fully saturated rings. The van der Waals surface area contributed by atoms with E-state index in [1.807, 2.05) is 0 Å². The Morgan fingerprint density at radius 3 is 1.77 bits per heavy atom. The summed E-state index contributed by atoms with van der Waals surface area (Å²) in [5, 5.41) is 40.2. The van der Waals surface area contributed by atoms with Crippen molar-refractivity contribution in [1.82, 2.24) is 0 Å². The van der Waals surface area contributed by atoms with Gasteiger partial charge in [0.15, 0.2) is 6.10 Å². The van der Waals surface area contributed by atoms with Gasteiger partial charge in [-0.05, 0) is 31.6 Å². The number of hydrogen-bond donors (Lipinski definition) is 7. The minimum Gasteiger partial charge on any atom is -0.462 e. The third-order valence-electron chi connectivity index (χ3n) is 8.26. The smallest absolute Gasteiger partial charge is 0.462 e. The zero-order valence-corrected chi connectivity index (χ0v) is 35.7. The number of carbonyl (C=O) groups excluding carboxylic acids is 2. The summed E-state index contributed by atoms with van der Waals surface area (Å²) in [6.45, 7) is 3.44. The van der Waals surface area contributed by atoms with Crippen LogP contribution in [0.4, 0.5) is 0 Å². The predicted molar refractivity (Wildman–Crippen MR) is 216 cm³/mol. The van der Waals surface area contributed by atoms with E-state index >= 15 is 0 Å². The second-order valence-electron chi connectivity index (χ2n) is 14.3. The molecule has 0 aliphatic carbocycles. The second-order valence-corrected chi connectivity index (χ2v) is 16.9. The van der Waals surface area contributed by atoms with Crippen molar-refractivity contribution in [2.45, 2.75) is 154 Å². The molecule has 16 nitrogen and oxygen atoms in total. The number of ether oxygens (including phenoxy) is 2. The first-order valence-electron chi connectivity index (χ1n) is 20.0. The van der Waals surface area contributed by atoms with E-state index in [2.05, 4.69) is 29.8 Å². The fourth-order valence-corrected chi connectivity index (χ4v) is 6.19. The van der Waals surface area contributed by atoms with E-state index in [1.165, 1.54) is 25.3 Å². The van der Waals surface area contributed by atoms with Crippen LogP contribution in [0.1, 0.15) is 124 Å². The molecule has 0 amide bonds. The van der Waals surface area contributed by atoms with Gasteiger partial charge in [0.25, 0.3) is 0 Å². The summed E-state index contributed by atoms with van der Waals surface area (Å²) < 4.78 is 47.3. The summed E-state index contributed by atoms with van der Waals surface area (Å²) in [5.41, 5.74) is 0. The molecule has 57 heavy (non-hydrogen) atoms. The lowest BCUT2D eigenvalue weighted by Crippen LogP contribution is -2.30. The van der Waals surface area contributed by atoms with Crippen LogP contribution < -0.4 is 0 Å². The van der Waals surface area contributed by atoms with Crippen molar-refractivity contribution in [2.75, 3.05) is 26.4 Å². The van der Waals surface area contributed by atoms with E-state index in [4.69, 9.17) is 23.8 Å². The van der Waals surface area contributed by atoms with E-state index < -0.39 is 84.5 Å².